The average Bonchev–Trinajstić information content (AvgIpc) is 3.22. The highest BCUT2D eigenvalue weighted by Crippen LogP contribution is 2.33. The molecule has 2 amide bonds. The molecule has 2 heterocycles. The van der Waals surface area contributed by atoms with Crippen LogP contribution >= 0.6 is 11.6 Å². The summed E-state index contributed by atoms with van der Waals surface area (Å²) < 4.78 is 67.6. The largest absolute Gasteiger partial charge is 0.416 e. The third-order valence-electron chi connectivity index (χ3n) is 5.99. The SMILES string of the molecule is CCc1nc2c(C)cc(C)nc2n1-c1ccc(CCNC(=O)NS(=O)(=O)c2cc(C(F)(F)F)ccc2Cl)cc1. The van der Waals surface area contributed by atoms with Crippen LogP contribution in [-0.4, -0.2) is 35.5 Å². The molecule has 4 aromatic rings. The first-order valence-electron chi connectivity index (χ1n) is 11.9. The third-order valence-corrected chi connectivity index (χ3v) is 7.80. The Kier molecular flexibility index (Phi) is 7.89. The fourth-order valence-electron chi connectivity index (χ4n) is 4.14. The summed E-state index contributed by atoms with van der Waals surface area (Å²) >= 11 is 5.79. The molecule has 0 unspecified atom stereocenters. The molecule has 0 spiro atoms. The second-order valence-electron chi connectivity index (χ2n) is 8.89. The topological polar surface area (TPSA) is 106 Å². The van der Waals surface area contributed by atoms with Gasteiger partial charge >= 0.3 is 12.2 Å². The molecule has 0 fully saturated rings. The number of pyridine rings is 1. The standard InChI is InChI=1S/C26H25ClF3N5O3S/c1-4-22-33-23-15(2)13-16(3)32-24(23)35(22)19-8-5-17(6-9-19)11-12-31-25(36)34-39(37,38)21-14-18(26(28,29)30)7-10-20(21)27/h5-10,13-14H,4,11-12H2,1-3H3,(H2,31,34,36). The van der Waals surface area contributed by atoms with Crippen LogP contribution in [0, 0.1) is 13.8 Å². The lowest BCUT2D eigenvalue weighted by atomic mass is 10.1. The van der Waals surface area contributed by atoms with Crippen LogP contribution in [0.4, 0.5) is 18.0 Å². The predicted molar refractivity (Wildman–Crippen MR) is 142 cm³/mol. The van der Waals surface area contributed by atoms with Gasteiger partial charge in [-0.1, -0.05) is 30.7 Å². The Morgan fingerprint density at radius 1 is 1.05 bits per heavy atom. The first-order valence-corrected chi connectivity index (χ1v) is 13.8. The van der Waals surface area contributed by atoms with Gasteiger partial charge in [-0.2, -0.15) is 13.2 Å². The number of imidazole rings is 1. The summed E-state index contributed by atoms with van der Waals surface area (Å²) in [5.41, 5.74) is 4.10. The van der Waals surface area contributed by atoms with Gasteiger partial charge in [-0.15, -0.1) is 0 Å². The van der Waals surface area contributed by atoms with Gasteiger partial charge in [-0.05, 0) is 67.8 Å². The highest BCUT2D eigenvalue weighted by molar-refractivity contribution is 7.90. The highest BCUT2D eigenvalue weighted by atomic mass is 35.5. The van der Waals surface area contributed by atoms with Gasteiger partial charge in [0.1, 0.15) is 16.2 Å². The zero-order chi connectivity index (χ0) is 28.5. The van der Waals surface area contributed by atoms with E-state index in [0.29, 0.717) is 25.0 Å². The van der Waals surface area contributed by atoms with E-state index in [-0.39, 0.29) is 6.54 Å². The Hall–Kier alpha value is -3.64. The van der Waals surface area contributed by atoms with Gasteiger partial charge in [-0.3, -0.25) is 4.57 Å². The average molecular weight is 580 g/mol. The van der Waals surface area contributed by atoms with Crippen molar-refractivity contribution in [3.05, 3.63) is 81.8 Å². The molecule has 8 nitrogen and oxygen atoms in total. The van der Waals surface area contributed by atoms with Crippen LogP contribution in [0.15, 0.2) is 53.4 Å². The van der Waals surface area contributed by atoms with Crippen molar-refractivity contribution in [2.75, 3.05) is 6.54 Å². The molecule has 0 aliphatic carbocycles. The first-order chi connectivity index (χ1) is 18.3. The second kappa shape index (κ2) is 10.9. The molecule has 2 aromatic heterocycles. The van der Waals surface area contributed by atoms with Gasteiger partial charge < -0.3 is 5.32 Å². The normalized spacial score (nSPS) is 12.1. The number of amides is 2. The van der Waals surface area contributed by atoms with E-state index in [1.807, 2.05) is 55.7 Å². The number of nitrogens with one attached hydrogen (secondary N) is 2. The lowest BCUT2D eigenvalue weighted by molar-refractivity contribution is -0.137. The first kappa shape index (κ1) is 28.4. The van der Waals surface area contributed by atoms with Crippen LogP contribution < -0.4 is 10.0 Å². The van der Waals surface area contributed by atoms with Gasteiger partial charge in [0.2, 0.25) is 0 Å². The molecule has 0 saturated heterocycles. The molecular weight excluding hydrogens is 555 g/mol. The molecule has 2 aromatic carbocycles. The lowest BCUT2D eigenvalue weighted by Crippen LogP contribution is -2.40. The summed E-state index contributed by atoms with van der Waals surface area (Å²) in [6, 6.07) is 10.3. The zero-order valence-corrected chi connectivity index (χ0v) is 22.8. The third kappa shape index (κ3) is 6.17. The minimum absolute atomic E-state index is 0.0746. The molecule has 39 heavy (non-hydrogen) atoms. The van der Waals surface area contributed by atoms with Crippen molar-refractivity contribution in [1.82, 2.24) is 24.6 Å². The van der Waals surface area contributed by atoms with Gasteiger partial charge in [-0.25, -0.2) is 27.9 Å². The molecule has 0 radical (unpaired) electrons. The van der Waals surface area contributed by atoms with Crippen molar-refractivity contribution in [1.29, 1.82) is 0 Å². The van der Waals surface area contributed by atoms with Gasteiger partial charge in [0.15, 0.2) is 5.65 Å². The number of carbonyl (C=O) groups excluding carboxylic acids is 1. The smallest absolute Gasteiger partial charge is 0.337 e. The summed E-state index contributed by atoms with van der Waals surface area (Å²) in [5, 5.41) is 1.95. The van der Waals surface area contributed by atoms with Crippen molar-refractivity contribution in [3.63, 3.8) is 0 Å². The number of hydrogen-bond donors (Lipinski definition) is 2. The maximum absolute atomic E-state index is 13.0. The van der Waals surface area contributed by atoms with E-state index in [1.165, 1.54) is 0 Å². The van der Waals surface area contributed by atoms with E-state index in [2.05, 4.69) is 10.3 Å². The molecule has 4 rings (SSSR count). The van der Waals surface area contributed by atoms with E-state index in [0.717, 1.165) is 45.6 Å². The fourth-order valence-corrected chi connectivity index (χ4v) is 5.60. The lowest BCUT2D eigenvalue weighted by Gasteiger charge is -2.13. The highest BCUT2D eigenvalue weighted by Gasteiger charge is 2.33. The number of aryl methyl sites for hydroxylation is 3. The summed E-state index contributed by atoms with van der Waals surface area (Å²) in [6.07, 6.45) is -3.69. The van der Waals surface area contributed by atoms with E-state index in [1.54, 1.807) is 4.72 Å². The zero-order valence-electron chi connectivity index (χ0n) is 21.2. The molecule has 2 N–H and O–H groups in total. The summed E-state index contributed by atoms with van der Waals surface area (Å²) in [6.45, 7) is 6.03. The van der Waals surface area contributed by atoms with Crippen molar-refractivity contribution in [3.8, 4) is 5.69 Å². The summed E-state index contributed by atoms with van der Waals surface area (Å²) in [7, 11) is -4.64. The number of urea groups is 1. The number of sulfonamides is 1. The second-order valence-corrected chi connectivity index (χ2v) is 10.9. The van der Waals surface area contributed by atoms with Crippen LogP contribution in [0.5, 0.6) is 0 Å². The fraction of sp³-hybridized carbons (Fsp3) is 0.269. The van der Waals surface area contributed by atoms with Crippen LogP contribution in [0.1, 0.15) is 35.1 Å². The molecule has 0 aliphatic rings. The van der Waals surface area contributed by atoms with E-state index in [9.17, 15) is 26.4 Å². The van der Waals surface area contributed by atoms with Gasteiger partial charge in [0.25, 0.3) is 10.0 Å². The number of carbonyl (C=O) groups is 1. The molecule has 0 bridgehead atoms. The van der Waals surface area contributed by atoms with Crippen molar-refractivity contribution in [2.45, 2.75) is 44.7 Å². The van der Waals surface area contributed by atoms with Gasteiger partial charge in [0, 0.05) is 24.3 Å². The van der Waals surface area contributed by atoms with Crippen molar-refractivity contribution < 1.29 is 26.4 Å². The number of alkyl halides is 3. The summed E-state index contributed by atoms with van der Waals surface area (Å²) in [5.74, 6) is 0.874. The Balaban J connectivity index is 1.42. The molecule has 0 saturated carbocycles. The number of rotatable bonds is 7. The Bertz CT molecular complexity index is 1650. The van der Waals surface area contributed by atoms with Crippen LogP contribution in [0.2, 0.25) is 5.02 Å². The Morgan fingerprint density at radius 3 is 2.38 bits per heavy atom. The number of halogens is 4. The van der Waals surface area contributed by atoms with E-state index < -0.39 is 37.7 Å². The maximum Gasteiger partial charge on any atom is 0.416 e. The van der Waals surface area contributed by atoms with Crippen LogP contribution in [0.3, 0.4) is 0 Å². The predicted octanol–water partition coefficient (Wildman–Crippen LogP) is 5.50. The van der Waals surface area contributed by atoms with Gasteiger partial charge in [0.05, 0.1) is 10.6 Å². The molecule has 0 aliphatic heterocycles. The molecule has 13 heteroatoms. The molecular formula is C26H25ClF3N5O3S. The van der Waals surface area contributed by atoms with Crippen LogP contribution in [0.25, 0.3) is 16.9 Å². The number of fused-ring (bicyclic) bond motifs is 1. The Labute approximate surface area is 228 Å². The number of hydrogen-bond acceptors (Lipinski definition) is 5. The molecule has 0 atom stereocenters. The van der Waals surface area contributed by atoms with Crippen molar-refractivity contribution >= 4 is 38.8 Å². The number of aromatic nitrogens is 3. The Morgan fingerprint density at radius 2 is 1.74 bits per heavy atom. The summed E-state index contributed by atoms with van der Waals surface area (Å²) in [4.78, 5) is 20.8. The minimum atomic E-state index is -4.77. The number of nitrogens with zero attached hydrogens (tertiary/aromatic N) is 3. The monoisotopic (exact) mass is 579 g/mol. The maximum atomic E-state index is 13.0. The number of benzene rings is 2. The van der Waals surface area contributed by atoms with E-state index in [4.69, 9.17) is 16.6 Å². The quantitative estimate of drug-likeness (QED) is 0.301. The van der Waals surface area contributed by atoms with Crippen LogP contribution in [-0.2, 0) is 29.0 Å². The van der Waals surface area contributed by atoms with Crippen molar-refractivity contribution in [2.24, 2.45) is 0 Å². The molecule has 206 valence electrons. The van der Waals surface area contributed by atoms with E-state index >= 15 is 0 Å². The minimum Gasteiger partial charge on any atom is -0.337 e.